The Labute approximate surface area is 81.8 Å². The summed E-state index contributed by atoms with van der Waals surface area (Å²) < 4.78 is 0.830. The Bertz CT molecular complexity index is 437. The lowest BCUT2D eigenvalue weighted by molar-refractivity contribution is 1.31. The lowest BCUT2D eigenvalue weighted by atomic mass is 10.3. The Hall–Kier alpha value is -0.680. The minimum atomic E-state index is 0.568. The number of aromatic nitrogens is 2. The van der Waals surface area contributed by atoms with Crippen LogP contribution in [0.1, 0.15) is 5.56 Å². The Morgan fingerprint density at radius 1 is 1.50 bits per heavy atom. The van der Waals surface area contributed by atoms with E-state index in [0.29, 0.717) is 5.13 Å². The molecule has 0 unspecified atom stereocenters. The van der Waals surface area contributed by atoms with Gasteiger partial charge in [0.05, 0.1) is 0 Å². The highest BCUT2D eigenvalue weighted by atomic mass is 79.9. The number of hydrogen-bond donors (Lipinski definition) is 1. The molecule has 2 N–H and O–H groups in total. The standard InChI is InChI=1S/C7H6BrN3S/c1-3-2-4(8)10-6-5(3)11-7(9)12-6/h2H,1H3,(H2,9,11). The second-order valence-electron chi connectivity index (χ2n) is 2.47. The van der Waals surface area contributed by atoms with Gasteiger partial charge in [-0.3, -0.25) is 0 Å². The first kappa shape index (κ1) is 7.94. The average Bonchev–Trinajstić information content (AvgIpc) is 2.29. The number of nitrogen functional groups attached to an aromatic ring is 1. The van der Waals surface area contributed by atoms with Gasteiger partial charge in [-0.2, -0.15) is 0 Å². The van der Waals surface area contributed by atoms with E-state index in [1.807, 2.05) is 13.0 Å². The Balaban J connectivity index is 2.88. The molecule has 0 amide bonds. The van der Waals surface area contributed by atoms with E-state index in [4.69, 9.17) is 5.73 Å². The van der Waals surface area contributed by atoms with Crippen LogP contribution in [0.25, 0.3) is 10.3 Å². The number of thiazole rings is 1. The Morgan fingerprint density at radius 3 is 3.00 bits per heavy atom. The highest BCUT2D eigenvalue weighted by Crippen LogP contribution is 2.26. The van der Waals surface area contributed by atoms with E-state index in [-0.39, 0.29) is 0 Å². The SMILES string of the molecule is Cc1cc(Br)nc2sc(N)nc12. The van der Waals surface area contributed by atoms with Crippen molar-refractivity contribution < 1.29 is 0 Å². The van der Waals surface area contributed by atoms with Crippen LogP contribution in [-0.2, 0) is 0 Å². The van der Waals surface area contributed by atoms with Crippen LogP contribution in [0.4, 0.5) is 5.13 Å². The van der Waals surface area contributed by atoms with Crippen molar-refractivity contribution in [2.24, 2.45) is 0 Å². The average molecular weight is 244 g/mol. The van der Waals surface area contributed by atoms with E-state index in [1.54, 1.807) is 0 Å². The van der Waals surface area contributed by atoms with Gasteiger partial charge in [-0.05, 0) is 34.5 Å². The number of hydrogen-bond acceptors (Lipinski definition) is 4. The number of nitrogens with zero attached hydrogens (tertiary/aromatic N) is 2. The lowest BCUT2D eigenvalue weighted by Gasteiger charge is -1.93. The molecule has 0 aliphatic rings. The van der Waals surface area contributed by atoms with Crippen molar-refractivity contribution in [3.8, 4) is 0 Å². The van der Waals surface area contributed by atoms with Crippen LogP contribution in [0.5, 0.6) is 0 Å². The largest absolute Gasteiger partial charge is 0.375 e. The maximum atomic E-state index is 5.56. The normalized spacial score (nSPS) is 10.8. The molecule has 2 rings (SSSR count). The molecule has 3 nitrogen and oxygen atoms in total. The third kappa shape index (κ3) is 1.19. The van der Waals surface area contributed by atoms with Gasteiger partial charge in [-0.1, -0.05) is 11.3 Å². The van der Waals surface area contributed by atoms with E-state index < -0.39 is 0 Å². The highest BCUT2D eigenvalue weighted by molar-refractivity contribution is 9.10. The zero-order valence-electron chi connectivity index (χ0n) is 6.34. The van der Waals surface area contributed by atoms with Crippen molar-refractivity contribution in [1.29, 1.82) is 0 Å². The molecular weight excluding hydrogens is 238 g/mol. The van der Waals surface area contributed by atoms with Crippen LogP contribution in [0, 0.1) is 6.92 Å². The first-order chi connectivity index (χ1) is 5.66. The van der Waals surface area contributed by atoms with E-state index in [0.717, 1.165) is 20.5 Å². The molecule has 0 saturated carbocycles. The van der Waals surface area contributed by atoms with Crippen molar-refractivity contribution in [3.05, 3.63) is 16.2 Å². The van der Waals surface area contributed by atoms with Gasteiger partial charge in [0.25, 0.3) is 0 Å². The summed E-state index contributed by atoms with van der Waals surface area (Å²) in [6, 6.07) is 1.93. The second-order valence-corrected chi connectivity index (χ2v) is 4.29. The van der Waals surface area contributed by atoms with Gasteiger partial charge >= 0.3 is 0 Å². The number of anilines is 1. The topological polar surface area (TPSA) is 51.8 Å². The lowest BCUT2D eigenvalue weighted by Crippen LogP contribution is -1.82. The van der Waals surface area contributed by atoms with Gasteiger partial charge in [0.2, 0.25) is 0 Å². The van der Waals surface area contributed by atoms with E-state index in [2.05, 4.69) is 25.9 Å². The molecular formula is C7H6BrN3S. The van der Waals surface area contributed by atoms with Crippen LogP contribution in [0.2, 0.25) is 0 Å². The number of rotatable bonds is 0. The van der Waals surface area contributed by atoms with Crippen molar-refractivity contribution in [2.75, 3.05) is 5.73 Å². The monoisotopic (exact) mass is 243 g/mol. The van der Waals surface area contributed by atoms with Gasteiger partial charge in [-0.25, -0.2) is 9.97 Å². The minimum absolute atomic E-state index is 0.568. The summed E-state index contributed by atoms with van der Waals surface area (Å²) in [4.78, 5) is 9.31. The van der Waals surface area contributed by atoms with Crippen molar-refractivity contribution in [3.63, 3.8) is 0 Å². The summed E-state index contributed by atoms with van der Waals surface area (Å²) in [5.41, 5.74) is 7.56. The second kappa shape index (κ2) is 2.67. The quantitative estimate of drug-likeness (QED) is 0.723. The molecule has 0 spiro atoms. The first-order valence-electron chi connectivity index (χ1n) is 3.36. The van der Waals surface area contributed by atoms with Crippen molar-refractivity contribution in [2.45, 2.75) is 6.92 Å². The fourth-order valence-electron chi connectivity index (χ4n) is 1.04. The van der Waals surface area contributed by atoms with Crippen molar-refractivity contribution in [1.82, 2.24) is 9.97 Å². The van der Waals surface area contributed by atoms with Crippen LogP contribution in [-0.4, -0.2) is 9.97 Å². The van der Waals surface area contributed by atoms with Gasteiger partial charge < -0.3 is 5.73 Å². The summed E-state index contributed by atoms with van der Waals surface area (Å²) in [6.45, 7) is 1.99. The molecule has 0 bridgehead atoms. The Morgan fingerprint density at radius 2 is 2.25 bits per heavy atom. The fraction of sp³-hybridized carbons (Fsp3) is 0.143. The van der Waals surface area contributed by atoms with Crippen LogP contribution in [0.15, 0.2) is 10.7 Å². The maximum absolute atomic E-state index is 5.56. The van der Waals surface area contributed by atoms with Crippen molar-refractivity contribution >= 4 is 42.7 Å². The molecule has 62 valence electrons. The first-order valence-corrected chi connectivity index (χ1v) is 4.97. The third-order valence-electron chi connectivity index (χ3n) is 1.54. The molecule has 0 saturated heterocycles. The summed E-state index contributed by atoms with van der Waals surface area (Å²) >= 11 is 4.73. The van der Waals surface area contributed by atoms with E-state index in [9.17, 15) is 0 Å². The summed E-state index contributed by atoms with van der Waals surface area (Å²) in [5.74, 6) is 0. The number of halogens is 1. The predicted molar refractivity (Wildman–Crippen MR) is 54.3 cm³/mol. The van der Waals surface area contributed by atoms with Gasteiger partial charge in [-0.15, -0.1) is 0 Å². The minimum Gasteiger partial charge on any atom is -0.375 e. The molecule has 2 aromatic rings. The molecule has 12 heavy (non-hydrogen) atoms. The van der Waals surface area contributed by atoms with E-state index in [1.165, 1.54) is 11.3 Å². The third-order valence-corrected chi connectivity index (χ3v) is 2.73. The van der Waals surface area contributed by atoms with Crippen LogP contribution in [0.3, 0.4) is 0 Å². The van der Waals surface area contributed by atoms with Gasteiger partial charge in [0.15, 0.2) is 5.13 Å². The van der Waals surface area contributed by atoms with Gasteiger partial charge in [0, 0.05) is 0 Å². The number of aryl methyl sites for hydroxylation is 1. The van der Waals surface area contributed by atoms with Gasteiger partial charge in [0.1, 0.15) is 15.0 Å². The van der Waals surface area contributed by atoms with Crippen LogP contribution < -0.4 is 5.73 Å². The molecule has 0 atom stereocenters. The predicted octanol–water partition coefficient (Wildman–Crippen LogP) is 2.34. The van der Waals surface area contributed by atoms with Crippen LogP contribution >= 0.6 is 27.3 Å². The zero-order valence-corrected chi connectivity index (χ0v) is 8.74. The highest BCUT2D eigenvalue weighted by Gasteiger charge is 2.05. The molecule has 0 fully saturated rings. The number of fused-ring (bicyclic) bond motifs is 1. The zero-order chi connectivity index (χ0) is 8.72. The molecule has 0 aliphatic heterocycles. The molecule has 2 aromatic heterocycles. The fourth-order valence-corrected chi connectivity index (χ4v) is 2.46. The molecule has 0 radical (unpaired) electrons. The molecule has 5 heteroatoms. The molecule has 0 aromatic carbocycles. The maximum Gasteiger partial charge on any atom is 0.182 e. The summed E-state index contributed by atoms with van der Waals surface area (Å²) in [6.07, 6.45) is 0. The smallest absolute Gasteiger partial charge is 0.182 e. The van der Waals surface area contributed by atoms with E-state index >= 15 is 0 Å². The molecule has 2 heterocycles. The summed E-state index contributed by atoms with van der Waals surface area (Å²) in [7, 11) is 0. The summed E-state index contributed by atoms with van der Waals surface area (Å²) in [5, 5.41) is 0.568. The number of nitrogens with two attached hydrogens (primary N) is 1. The molecule has 0 aliphatic carbocycles. The Kier molecular flexibility index (Phi) is 1.77. The number of pyridine rings is 1.